The topological polar surface area (TPSA) is 147 Å². The molecule has 56 heavy (non-hydrogen) atoms. The van der Waals surface area contributed by atoms with Crippen molar-refractivity contribution >= 4 is 0 Å². The molecular weight excluding hydrogens is 697 g/mol. The van der Waals surface area contributed by atoms with Gasteiger partial charge in [0.05, 0.1) is 18.3 Å². The number of hydrogen-bond donors (Lipinski definition) is 5. The summed E-state index contributed by atoms with van der Waals surface area (Å²) in [7, 11) is 0. The molecule has 4 aliphatic carbocycles. The molecule has 9 nitrogen and oxygen atoms in total. The first-order chi connectivity index (χ1) is 27.3. The van der Waals surface area contributed by atoms with Crippen LogP contribution in [0.2, 0.25) is 0 Å². The third-order valence-corrected chi connectivity index (χ3v) is 15.8. The number of nitrogens with one attached hydrogen (secondary N) is 1. The van der Waals surface area contributed by atoms with Crippen LogP contribution in [0.5, 0.6) is 0 Å². The number of nitrogens with two attached hydrogens (primary N) is 4. The van der Waals surface area contributed by atoms with Crippen molar-refractivity contribution in [3.63, 3.8) is 0 Å². The fourth-order valence-corrected chi connectivity index (χ4v) is 12.7. The second kappa shape index (κ2) is 26.1. The van der Waals surface area contributed by atoms with Gasteiger partial charge in [-0.2, -0.15) is 0 Å². The lowest BCUT2D eigenvalue weighted by Gasteiger charge is -2.65. The van der Waals surface area contributed by atoms with Crippen LogP contribution in [0.3, 0.4) is 0 Å². The normalized spacial score (nSPS) is 33.4. The molecule has 4 saturated carbocycles. The molecule has 0 aromatic rings. The van der Waals surface area contributed by atoms with E-state index < -0.39 is 0 Å². The Balaban J connectivity index is 1.47. The Kier molecular flexibility index (Phi) is 22.5. The summed E-state index contributed by atoms with van der Waals surface area (Å²) >= 11 is 0. The van der Waals surface area contributed by atoms with Crippen LogP contribution in [0, 0.1) is 46.3 Å². The third kappa shape index (κ3) is 13.3. The summed E-state index contributed by atoms with van der Waals surface area (Å²) in [4.78, 5) is 2.79. The first-order valence-corrected chi connectivity index (χ1v) is 24.4. The van der Waals surface area contributed by atoms with Crippen LogP contribution in [-0.4, -0.2) is 102 Å². The molecule has 0 radical (unpaired) electrons. The molecule has 0 amide bonds. The van der Waals surface area contributed by atoms with Gasteiger partial charge in [0.2, 0.25) is 0 Å². The van der Waals surface area contributed by atoms with E-state index in [1.165, 1.54) is 116 Å². The molecule has 0 aromatic carbocycles. The average molecular weight is 791 g/mol. The van der Waals surface area contributed by atoms with Crippen molar-refractivity contribution < 1.29 is 14.2 Å². The Morgan fingerprint density at radius 3 is 2.04 bits per heavy atom. The third-order valence-electron chi connectivity index (χ3n) is 15.8. The van der Waals surface area contributed by atoms with Crippen LogP contribution in [0.1, 0.15) is 156 Å². The molecule has 11 atom stereocenters. The molecular formula is C47H94N6O3. The van der Waals surface area contributed by atoms with Gasteiger partial charge >= 0.3 is 0 Å². The van der Waals surface area contributed by atoms with Gasteiger partial charge in [-0.25, -0.2) is 0 Å². The maximum absolute atomic E-state index is 7.12. The second-order valence-corrected chi connectivity index (χ2v) is 19.5. The molecule has 4 rings (SSSR count). The lowest BCUT2D eigenvalue weighted by Crippen LogP contribution is -2.63. The first-order valence-electron chi connectivity index (χ1n) is 24.4. The molecule has 0 aliphatic heterocycles. The van der Waals surface area contributed by atoms with Gasteiger partial charge in [-0.05, 0) is 196 Å². The zero-order valence-electron chi connectivity index (χ0n) is 37.3. The van der Waals surface area contributed by atoms with Crippen molar-refractivity contribution in [2.24, 2.45) is 69.3 Å². The molecule has 0 saturated heterocycles. The summed E-state index contributed by atoms with van der Waals surface area (Å²) in [5.74, 6) is 3.81. The standard InChI is InChI=1S/C47H94N6O3/c1-5-6-7-8-9-10-28-53(30-16-27-52-26-12-22-48)29-11-17-37(2)40-18-19-41-45-42(36-44(47(40,41)4)56-33-15-25-51)46(3)21-20-39(54-31-13-23-49)34-38(46)35-43(45)55-32-14-24-50/h37-45,52H,5-36,48-51H2,1-4H3/t37-,38?,39-,40?,41+,42+,43-,44+,45?,46+,47-/m1/s1. The van der Waals surface area contributed by atoms with Crippen molar-refractivity contribution in [2.75, 3.05) is 78.7 Å². The van der Waals surface area contributed by atoms with E-state index in [4.69, 9.17) is 37.1 Å². The predicted octanol–water partition coefficient (Wildman–Crippen LogP) is 7.47. The number of nitrogens with zero attached hydrogens (tertiary/aromatic N) is 1. The van der Waals surface area contributed by atoms with E-state index in [1.807, 2.05) is 0 Å². The van der Waals surface area contributed by atoms with Crippen LogP contribution in [0.4, 0.5) is 0 Å². The molecule has 0 heterocycles. The van der Waals surface area contributed by atoms with Crippen molar-refractivity contribution in [1.82, 2.24) is 10.2 Å². The molecule has 9 heteroatoms. The molecule has 0 aromatic heterocycles. The van der Waals surface area contributed by atoms with Gasteiger partial charge in [0, 0.05) is 25.2 Å². The number of ether oxygens (including phenoxy) is 3. The van der Waals surface area contributed by atoms with Gasteiger partial charge in [-0.15, -0.1) is 0 Å². The summed E-state index contributed by atoms with van der Waals surface area (Å²) < 4.78 is 20.6. The van der Waals surface area contributed by atoms with Crippen molar-refractivity contribution in [2.45, 2.75) is 174 Å². The first kappa shape index (κ1) is 48.3. The van der Waals surface area contributed by atoms with Crippen LogP contribution < -0.4 is 28.3 Å². The quantitative estimate of drug-likeness (QED) is 0.0452. The summed E-state index contributed by atoms with van der Waals surface area (Å²) in [6.07, 6.45) is 25.4. The Bertz CT molecular complexity index is 1010. The van der Waals surface area contributed by atoms with Gasteiger partial charge < -0.3 is 47.4 Å². The van der Waals surface area contributed by atoms with E-state index in [9.17, 15) is 0 Å². The lowest BCUT2D eigenvalue weighted by molar-refractivity contribution is -0.227. The molecule has 9 N–H and O–H groups in total. The van der Waals surface area contributed by atoms with E-state index >= 15 is 0 Å². The van der Waals surface area contributed by atoms with E-state index in [0.717, 1.165) is 71.6 Å². The number of fused-ring (bicyclic) bond motifs is 5. The van der Waals surface area contributed by atoms with Crippen LogP contribution in [0.25, 0.3) is 0 Å². The van der Waals surface area contributed by atoms with E-state index in [1.54, 1.807) is 0 Å². The Hall–Kier alpha value is -0.360. The van der Waals surface area contributed by atoms with Gasteiger partial charge in [-0.1, -0.05) is 59.8 Å². The number of hydrogen-bond acceptors (Lipinski definition) is 9. The second-order valence-electron chi connectivity index (χ2n) is 19.5. The van der Waals surface area contributed by atoms with Gasteiger partial charge in [0.1, 0.15) is 0 Å². The highest BCUT2D eigenvalue weighted by molar-refractivity contribution is 5.15. The minimum atomic E-state index is 0.157. The van der Waals surface area contributed by atoms with Crippen molar-refractivity contribution in [3.05, 3.63) is 0 Å². The number of unbranched alkanes of at least 4 members (excludes halogenated alkanes) is 5. The predicted molar refractivity (Wildman–Crippen MR) is 236 cm³/mol. The minimum Gasteiger partial charge on any atom is -0.378 e. The zero-order valence-corrected chi connectivity index (χ0v) is 37.3. The largest absolute Gasteiger partial charge is 0.378 e. The maximum Gasteiger partial charge on any atom is 0.0637 e. The fraction of sp³-hybridized carbons (Fsp3) is 1.00. The maximum atomic E-state index is 7.12. The molecule has 4 aliphatic rings. The highest BCUT2D eigenvalue weighted by atomic mass is 16.5. The van der Waals surface area contributed by atoms with Crippen molar-refractivity contribution in [1.29, 1.82) is 0 Å². The SMILES string of the molecule is CCCCCCCCN(CCCNCCCN)CCC[C@@H](C)C1CC[C@H]2C3[C@H](OCCCN)CC4C[C@H](OCCCN)CC[C@]4(C)[C@H]3C[C@H](OCCCN)[C@]12C. The molecule has 0 spiro atoms. The smallest absolute Gasteiger partial charge is 0.0637 e. The van der Waals surface area contributed by atoms with Crippen LogP contribution >= 0.6 is 0 Å². The van der Waals surface area contributed by atoms with Gasteiger partial charge in [0.25, 0.3) is 0 Å². The monoisotopic (exact) mass is 791 g/mol. The fourth-order valence-electron chi connectivity index (χ4n) is 12.7. The summed E-state index contributed by atoms with van der Waals surface area (Å²) in [6.45, 7) is 21.3. The Morgan fingerprint density at radius 2 is 1.30 bits per heavy atom. The molecule has 4 fully saturated rings. The van der Waals surface area contributed by atoms with E-state index in [0.29, 0.717) is 72.8 Å². The Morgan fingerprint density at radius 1 is 0.661 bits per heavy atom. The highest BCUT2D eigenvalue weighted by Gasteiger charge is 2.66. The summed E-state index contributed by atoms with van der Waals surface area (Å²) in [5, 5.41) is 3.61. The molecule has 0 bridgehead atoms. The summed E-state index contributed by atoms with van der Waals surface area (Å²) in [6, 6.07) is 0. The Labute approximate surface area is 346 Å². The van der Waals surface area contributed by atoms with Gasteiger partial charge in [0.15, 0.2) is 0 Å². The highest BCUT2D eigenvalue weighted by Crippen LogP contribution is 2.69. The average Bonchev–Trinajstić information content (AvgIpc) is 3.56. The zero-order chi connectivity index (χ0) is 40.2. The van der Waals surface area contributed by atoms with Crippen molar-refractivity contribution in [3.8, 4) is 0 Å². The number of rotatable bonds is 31. The summed E-state index contributed by atoms with van der Waals surface area (Å²) in [5.41, 5.74) is 24.1. The van der Waals surface area contributed by atoms with Gasteiger partial charge in [-0.3, -0.25) is 0 Å². The van der Waals surface area contributed by atoms with Crippen LogP contribution in [0.15, 0.2) is 0 Å². The van der Waals surface area contributed by atoms with Crippen LogP contribution in [-0.2, 0) is 14.2 Å². The van der Waals surface area contributed by atoms with E-state index in [-0.39, 0.29) is 11.5 Å². The molecule has 3 unspecified atom stereocenters. The minimum absolute atomic E-state index is 0.157. The van der Waals surface area contributed by atoms with E-state index in [2.05, 4.69) is 37.9 Å². The lowest BCUT2D eigenvalue weighted by atomic mass is 9.43. The molecule has 330 valence electrons.